The van der Waals surface area contributed by atoms with Crippen LogP contribution in [-0.2, 0) is 10.2 Å². The lowest BCUT2D eigenvalue weighted by Gasteiger charge is -2.33. The van der Waals surface area contributed by atoms with E-state index in [1.54, 1.807) is 7.11 Å². The highest BCUT2D eigenvalue weighted by molar-refractivity contribution is 14.0. The van der Waals surface area contributed by atoms with Gasteiger partial charge in [0.2, 0.25) is 0 Å². The maximum absolute atomic E-state index is 5.50. The Morgan fingerprint density at radius 2 is 2.00 bits per heavy atom. The van der Waals surface area contributed by atoms with Crippen LogP contribution in [0.3, 0.4) is 0 Å². The van der Waals surface area contributed by atoms with Crippen molar-refractivity contribution >= 4 is 29.9 Å². The second kappa shape index (κ2) is 11.7. The fraction of sp³-hybridized carbons (Fsp3) is 0.708. The van der Waals surface area contributed by atoms with E-state index in [9.17, 15) is 0 Å². The third kappa shape index (κ3) is 6.05. The van der Waals surface area contributed by atoms with Crippen molar-refractivity contribution < 1.29 is 9.47 Å². The molecular formula is C24H39IN4O2. The van der Waals surface area contributed by atoms with Gasteiger partial charge in [0.1, 0.15) is 5.75 Å². The minimum absolute atomic E-state index is 0. The summed E-state index contributed by atoms with van der Waals surface area (Å²) in [5.41, 5.74) is 1.58. The summed E-state index contributed by atoms with van der Waals surface area (Å²) in [6.07, 6.45) is 6.29. The zero-order valence-electron chi connectivity index (χ0n) is 19.1. The summed E-state index contributed by atoms with van der Waals surface area (Å²) in [4.78, 5) is 9.66. The van der Waals surface area contributed by atoms with E-state index in [2.05, 4.69) is 38.3 Å². The normalized spacial score (nSPS) is 24.1. The lowest BCUT2D eigenvalue weighted by Crippen LogP contribution is -2.46. The van der Waals surface area contributed by atoms with Gasteiger partial charge < -0.3 is 19.7 Å². The molecule has 2 heterocycles. The van der Waals surface area contributed by atoms with Crippen molar-refractivity contribution in [3.63, 3.8) is 0 Å². The Balaban J connectivity index is 0.00000272. The van der Waals surface area contributed by atoms with Crippen LogP contribution in [0, 0.1) is 5.92 Å². The molecule has 0 aromatic heterocycles. The van der Waals surface area contributed by atoms with E-state index in [-0.39, 0.29) is 29.4 Å². The van der Waals surface area contributed by atoms with E-state index in [1.807, 2.05) is 13.1 Å². The van der Waals surface area contributed by atoms with E-state index in [1.165, 1.54) is 44.2 Å². The number of hydrogen-bond acceptors (Lipinski definition) is 4. The van der Waals surface area contributed by atoms with Crippen LogP contribution in [0.4, 0.5) is 0 Å². The van der Waals surface area contributed by atoms with Crippen LogP contribution < -0.4 is 10.1 Å². The van der Waals surface area contributed by atoms with Gasteiger partial charge in [0, 0.05) is 51.7 Å². The lowest BCUT2D eigenvalue weighted by molar-refractivity contribution is 0.0315. The van der Waals surface area contributed by atoms with Gasteiger partial charge in [0.15, 0.2) is 5.96 Å². The topological polar surface area (TPSA) is 49.3 Å². The average molecular weight is 543 g/mol. The van der Waals surface area contributed by atoms with E-state index in [0.29, 0.717) is 0 Å². The largest absolute Gasteiger partial charge is 0.497 e. The molecule has 3 fully saturated rings. The number of hydrogen-bond donors (Lipinski definition) is 1. The fourth-order valence-electron chi connectivity index (χ4n) is 5.48. The Labute approximate surface area is 204 Å². The van der Waals surface area contributed by atoms with Crippen molar-refractivity contribution in [3.05, 3.63) is 29.8 Å². The second-order valence-electron chi connectivity index (χ2n) is 9.13. The predicted octanol–water partition coefficient (Wildman–Crippen LogP) is 3.35. The molecule has 4 rings (SSSR count). The molecule has 1 N–H and O–H groups in total. The van der Waals surface area contributed by atoms with Crippen LogP contribution in [0.5, 0.6) is 5.75 Å². The molecule has 174 valence electrons. The first-order valence-corrected chi connectivity index (χ1v) is 11.6. The summed E-state index contributed by atoms with van der Waals surface area (Å²) in [5, 5.41) is 3.76. The standard InChI is InChI=1S/C24H38N4O2.HI/c1-25-23(28-11-8-20(18-28)17-27-12-14-30-15-13-27)26-19-24(9-3-4-10-24)21-6-5-7-22(16-21)29-2;/h5-7,16,20H,3-4,8-15,17-19H2,1-2H3,(H,25,26);1H. The molecule has 31 heavy (non-hydrogen) atoms. The SMILES string of the molecule is CN=C(NCC1(c2cccc(OC)c2)CCCC1)N1CCC(CN2CCOCC2)C1.I. The number of aliphatic imine (C=N–C) groups is 1. The van der Waals surface area contributed by atoms with Gasteiger partial charge in [-0.3, -0.25) is 9.89 Å². The number of nitrogens with zero attached hydrogens (tertiary/aromatic N) is 3. The first kappa shape index (κ1) is 24.6. The summed E-state index contributed by atoms with van der Waals surface area (Å²) >= 11 is 0. The number of rotatable bonds is 6. The Morgan fingerprint density at radius 3 is 2.71 bits per heavy atom. The molecule has 1 aromatic carbocycles. The molecule has 0 amide bonds. The van der Waals surface area contributed by atoms with Crippen molar-refractivity contribution in [3.8, 4) is 5.75 Å². The van der Waals surface area contributed by atoms with E-state index in [0.717, 1.165) is 63.6 Å². The number of benzene rings is 1. The molecular weight excluding hydrogens is 503 g/mol. The summed E-state index contributed by atoms with van der Waals surface area (Å²) in [5.74, 6) is 2.74. The zero-order valence-corrected chi connectivity index (χ0v) is 21.5. The third-order valence-corrected chi connectivity index (χ3v) is 7.24. The molecule has 2 saturated heterocycles. The maximum atomic E-state index is 5.50. The van der Waals surface area contributed by atoms with Gasteiger partial charge in [-0.25, -0.2) is 0 Å². The highest BCUT2D eigenvalue weighted by Crippen LogP contribution is 2.41. The number of morpholine rings is 1. The molecule has 0 radical (unpaired) electrons. The van der Waals surface area contributed by atoms with E-state index >= 15 is 0 Å². The van der Waals surface area contributed by atoms with Crippen LogP contribution in [0.1, 0.15) is 37.7 Å². The molecule has 1 unspecified atom stereocenters. The number of ether oxygens (including phenoxy) is 2. The van der Waals surface area contributed by atoms with Gasteiger partial charge in [0.05, 0.1) is 20.3 Å². The maximum Gasteiger partial charge on any atom is 0.193 e. The molecule has 1 aliphatic carbocycles. The van der Waals surface area contributed by atoms with Crippen molar-refractivity contribution in [2.24, 2.45) is 10.9 Å². The molecule has 7 heteroatoms. The van der Waals surface area contributed by atoms with Crippen molar-refractivity contribution in [2.75, 3.05) is 66.6 Å². The number of nitrogens with one attached hydrogen (secondary N) is 1. The first-order chi connectivity index (χ1) is 14.7. The molecule has 6 nitrogen and oxygen atoms in total. The summed E-state index contributed by atoms with van der Waals surface area (Å²) in [6.45, 7) is 8.24. The van der Waals surface area contributed by atoms with Gasteiger partial charge in [-0.15, -0.1) is 24.0 Å². The summed E-state index contributed by atoms with van der Waals surface area (Å²) in [7, 11) is 3.67. The van der Waals surface area contributed by atoms with Crippen molar-refractivity contribution in [2.45, 2.75) is 37.5 Å². The number of likely N-dealkylation sites (tertiary alicyclic amines) is 1. The Morgan fingerprint density at radius 1 is 1.23 bits per heavy atom. The Bertz CT molecular complexity index is 717. The van der Waals surface area contributed by atoms with Crippen molar-refractivity contribution in [1.29, 1.82) is 0 Å². The van der Waals surface area contributed by atoms with E-state index in [4.69, 9.17) is 9.47 Å². The van der Waals surface area contributed by atoms with Crippen LogP contribution in [-0.4, -0.2) is 82.4 Å². The highest BCUT2D eigenvalue weighted by atomic mass is 127. The van der Waals surface area contributed by atoms with Crippen LogP contribution >= 0.6 is 24.0 Å². The average Bonchev–Trinajstić information content (AvgIpc) is 3.46. The summed E-state index contributed by atoms with van der Waals surface area (Å²) in [6, 6.07) is 8.66. The van der Waals surface area contributed by atoms with Crippen molar-refractivity contribution in [1.82, 2.24) is 15.1 Å². The van der Waals surface area contributed by atoms with Gasteiger partial charge in [-0.2, -0.15) is 0 Å². The van der Waals surface area contributed by atoms with Gasteiger partial charge in [0.25, 0.3) is 0 Å². The van der Waals surface area contributed by atoms with Gasteiger partial charge >= 0.3 is 0 Å². The molecule has 1 aromatic rings. The Kier molecular flexibility index (Phi) is 9.28. The number of methoxy groups -OCH3 is 1. The number of halogens is 1. The van der Waals surface area contributed by atoms with Gasteiger partial charge in [-0.05, 0) is 42.9 Å². The summed E-state index contributed by atoms with van der Waals surface area (Å²) < 4.78 is 11.0. The minimum atomic E-state index is 0. The molecule has 3 aliphatic rings. The van der Waals surface area contributed by atoms with E-state index < -0.39 is 0 Å². The highest BCUT2D eigenvalue weighted by Gasteiger charge is 2.37. The molecule has 0 spiro atoms. The van der Waals surface area contributed by atoms with Crippen LogP contribution in [0.25, 0.3) is 0 Å². The fourth-order valence-corrected chi connectivity index (χ4v) is 5.48. The predicted molar refractivity (Wildman–Crippen MR) is 137 cm³/mol. The minimum Gasteiger partial charge on any atom is -0.497 e. The van der Waals surface area contributed by atoms with Gasteiger partial charge in [-0.1, -0.05) is 25.0 Å². The molecule has 2 aliphatic heterocycles. The second-order valence-corrected chi connectivity index (χ2v) is 9.13. The monoisotopic (exact) mass is 542 g/mol. The van der Waals surface area contributed by atoms with Crippen LogP contribution in [0.2, 0.25) is 0 Å². The van der Waals surface area contributed by atoms with Crippen LogP contribution in [0.15, 0.2) is 29.3 Å². The quantitative estimate of drug-likeness (QED) is 0.340. The Hall–Kier alpha value is -1.06. The number of guanidine groups is 1. The molecule has 1 atom stereocenters. The molecule has 1 saturated carbocycles. The first-order valence-electron chi connectivity index (χ1n) is 11.6. The molecule has 0 bridgehead atoms. The smallest absolute Gasteiger partial charge is 0.193 e. The zero-order chi connectivity index (χ0) is 20.8. The third-order valence-electron chi connectivity index (χ3n) is 7.24. The lowest BCUT2D eigenvalue weighted by atomic mass is 9.78.